The molecule has 0 amide bonds. The number of nitrogen functional groups attached to an aromatic ring is 1. The number of nitrogens with zero attached hydrogens (tertiary/aromatic N) is 2. The van der Waals surface area contributed by atoms with Crippen molar-refractivity contribution in [2.75, 3.05) is 17.2 Å². The third-order valence-electron chi connectivity index (χ3n) is 2.42. The van der Waals surface area contributed by atoms with Gasteiger partial charge >= 0.3 is 0 Å². The Morgan fingerprint density at radius 3 is 2.94 bits per heavy atom. The molecule has 16 heavy (non-hydrogen) atoms. The molecule has 2 rings (SSSR count). The van der Waals surface area contributed by atoms with Crippen LogP contribution >= 0.6 is 11.8 Å². The molecule has 0 saturated carbocycles. The van der Waals surface area contributed by atoms with Crippen molar-refractivity contribution in [3.8, 4) is 0 Å². The zero-order valence-electron chi connectivity index (χ0n) is 8.88. The molecule has 0 radical (unpaired) electrons. The van der Waals surface area contributed by atoms with Crippen LogP contribution in [-0.4, -0.2) is 35.5 Å². The highest BCUT2D eigenvalue weighted by atomic mass is 32.2. The molecule has 1 aliphatic rings. The van der Waals surface area contributed by atoms with E-state index in [0.717, 1.165) is 17.9 Å². The Morgan fingerprint density at radius 1 is 1.69 bits per heavy atom. The van der Waals surface area contributed by atoms with Crippen molar-refractivity contribution in [2.45, 2.75) is 17.5 Å². The number of hydrogen-bond donors (Lipinski definition) is 2. The van der Waals surface area contributed by atoms with Gasteiger partial charge in [0.1, 0.15) is 0 Å². The van der Waals surface area contributed by atoms with E-state index in [1.807, 2.05) is 0 Å². The quantitative estimate of drug-likeness (QED) is 0.786. The zero-order valence-corrected chi connectivity index (χ0v) is 10.5. The van der Waals surface area contributed by atoms with Crippen molar-refractivity contribution in [3.05, 3.63) is 6.33 Å². The van der Waals surface area contributed by atoms with Crippen LogP contribution in [0, 0.1) is 0 Å². The number of nitrogens with one attached hydrogen (secondary N) is 1. The molecule has 0 aromatic carbocycles. The Kier molecular flexibility index (Phi) is 3.13. The molecular weight excluding hydrogens is 248 g/mol. The summed E-state index contributed by atoms with van der Waals surface area (Å²) in [6.07, 6.45) is 2.26. The van der Waals surface area contributed by atoms with Gasteiger partial charge < -0.3 is 10.3 Å². The van der Waals surface area contributed by atoms with Gasteiger partial charge in [0, 0.05) is 18.8 Å². The lowest BCUT2D eigenvalue weighted by Crippen LogP contribution is -2.35. The first kappa shape index (κ1) is 11.7. The number of rotatable bonds is 3. The minimum Gasteiger partial charge on any atom is -0.381 e. The number of aromatic nitrogens is 2. The van der Waals surface area contributed by atoms with Crippen molar-refractivity contribution in [1.29, 1.82) is 0 Å². The predicted molar refractivity (Wildman–Crippen MR) is 63.7 cm³/mol. The summed E-state index contributed by atoms with van der Waals surface area (Å²) in [7, 11) is -1.94. The van der Waals surface area contributed by atoms with Crippen LogP contribution in [0.3, 0.4) is 0 Å². The fourth-order valence-electron chi connectivity index (χ4n) is 1.67. The molecule has 6 nitrogen and oxygen atoms in total. The van der Waals surface area contributed by atoms with Gasteiger partial charge in [-0.1, -0.05) is 0 Å². The van der Waals surface area contributed by atoms with Crippen LogP contribution in [-0.2, 0) is 17.1 Å². The van der Waals surface area contributed by atoms with Gasteiger partial charge in [0.2, 0.25) is 0 Å². The molecule has 0 bridgehead atoms. The molecule has 2 heterocycles. The Morgan fingerprint density at radius 2 is 2.44 bits per heavy atom. The van der Waals surface area contributed by atoms with E-state index in [9.17, 15) is 8.42 Å². The number of nitrogens with two attached hydrogens (primary N) is 1. The predicted octanol–water partition coefficient (Wildman–Crippen LogP) is -0.214. The van der Waals surface area contributed by atoms with Crippen LogP contribution in [0.4, 0.5) is 5.82 Å². The highest BCUT2D eigenvalue weighted by Crippen LogP contribution is 2.21. The fourth-order valence-corrected chi connectivity index (χ4v) is 4.43. The summed E-state index contributed by atoms with van der Waals surface area (Å²) >= 11 is 1.75. The highest BCUT2D eigenvalue weighted by molar-refractivity contribution is 7.99. The van der Waals surface area contributed by atoms with Crippen LogP contribution in [0.5, 0.6) is 0 Å². The Balaban J connectivity index is 2.25. The van der Waals surface area contributed by atoms with E-state index in [-0.39, 0.29) is 16.9 Å². The molecule has 1 aromatic heterocycles. The van der Waals surface area contributed by atoms with Crippen molar-refractivity contribution < 1.29 is 8.42 Å². The van der Waals surface area contributed by atoms with E-state index in [1.165, 1.54) is 10.9 Å². The molecule has 8 heteroatoms. The number of anilines is 1. The number of imidazole rings is 1. The summed E-state index contributed by atoms with van der Waals surface area (Å²) < 4.78 is 28.1. The molecule has 1 fully saturated rings. The summed E-state index contributed by atoms with van der Waals surface area (Å²) in [5, 5.41) is 0.0457. The standard InChI is InChI=1S/C8H14N4O2S2/c1-12-5-10-7(9)8(12)16(13,14)11-6-2-3-15-4-6/h5-6,11H,2-4,9H2,1H3. The van der Waals surface area contributed by atoms with Crippen LogP contribution in [0.1, 0.15) is 6.42 Å². The first-order chi connectivity index (χ1) is 7.50. The maximum atomic E-state index is 12.0. The van der Waals surface area contributed by atoms with Crippen LogP contribution in [0.2, 0.25) is 0 Å². The van der Waals surface area contributed by atoms with E-state index < -0.39 is 10.0 Å². The number of thioether (sulfide) groups is 1. The van der Waals surface area contributed by atoms with E-state index in [0.29, 0.717) is 0 Å². The van der Waals surface area contributed by atoms with Crippen molar-refractivity contribution >= 4 is 27.6 Å². The number of sulfonamides is 1. The lowest BCUT2D eigenvalue weighted by Gasteiger charge is -2.12. The van der Waals surface area contributed by atoms with E-state index in [2.05, 4.69) is 9.71 Å². The van der Waals surface area contributed by atoms with Gasteiger partial charge in [-0.25, -0.2) is 18.1 Å². The molecule has 1 atom stereocenters. The number of aryl methyl sites for hydroxylation is 1. The van der Waals surface area contributed by atoms with E-state index in [1.54, 1.807) is 18.8 Å². The lowest BCUT2D eigenvalue weighted by molar-refractivity contribution is 0.554. The second-order valence-electron chi connectivity index (χ2n) is 3.73. The van der Waals surface area contributed by atoms with Crippen LogP contribution < -0.4 is 10.5 Å². The Labute approximate surface area is 98.7 Å². The Bertz CT molecular complexity index is 457. The van der Waals surface area contributed by atoms with Gasteiger partial charge in [-0.05, 0) is 12.2 Å². The first-order valence-electron chi connectivity index (χ1n) is 4.87. The van der Waals surface area contributed by atoms with Gasteiger partial charge in [-0.2, -0.15) is 11.8 Å². The highest BCUT2D eigenvalue weighted by Gasteiger charge is 2.27. The van der Waals surface area contributed by atoms with Gasteiger partial charge in [0.25, 0.3) is 10.0 Å². The minimum atomic E-state index is -3.55. The van der Waals surface area contributed by atoms with Gasteiger partial charge in [-0.15, -0.1) is 0 Å². The Hall–Kier alpha value is -0.730. The summed E-state index contributed by atoms with van der Waals surface area (Å²) in [4.78, 5) is 3.77. The topological polar surface area (TPSA) is 90.0 Å². The summed E-state index contributed by atoms with van der Waals surface area (Å²) in [5.74, 6) is 1.85. The number of hydrogen-bond acceptors (Lipinski definition) is 5. The minimum absolute atomic E-state index is 0.00398. The molecule has 0 aliphatic carbocycles. The average Bonchev–Trinajstić information content (AvgIpc) is 2.76. The first-order valence-corrected chi connectivity index (χ1v) is 7.51. The van der Waals surface area contributed by atoms with Crippen molar-refractivity contribution in [3.63, 3.8) is 0 Å². The maximum Gasteiger partial charge on any atom is 0.260 e. The third kappa shape index (κ3) is 2.18. The summed E-state index contributed by atoms with van der Waals surface area (Å²) in [5.41, 5.74) is 5.55. The smallest absolute Gasteiger partial charge is 0.260 e. The SMILES string of the molecule is Cn1cnc(N)c1S(=O)(=O)NC1CCSC1. The van der Waals surface area contributed by atoms with Crippen LogP contribution in [0.25, 0.3) is 0 Å². The van der Waals surface area contributed by atoms with E-state index in [4.69, 9.17) is 5.73 Å². The summed E-state index contributed by atoms with van der Waals surface area (Å²) in [6.45, 7) is 0. The van der Waals surface area contributed by atoms with Crippen LogP contribution in [0.15, 0.2) is 11.4 Å². The second-order valence-corrected chi connectivity index (χ2v) is 6.51. The molecule has 3 N–H and O–H groups in total. The molecule has 1 unspecified atom stereocenters. The monoisotopic (exact) mass is 262 g/mol. The van der Waals surface area contributed by atoms with E-state index >= 15 is 0 Å². The molecule has 1 saturated heterocycles. The lowest BCUT2D eigenvalue weighted by atomic mass is 10.3. The molecule has 0 spiro atoms. The molecular formula is C8H14N4O2S2. The van der Waals surface area contributed by atoms with Gasteiger partial charge in [-0.3, -0.25) is 0 Å². The average molecular weight is 262 g/mol. The molecule has 1 aromatic rings. The van der Waals surface area contributed by atoms with Crippen molar-refractivity contribution in [2.24, 2.45) is 7.05 Å². The van der Waals surface area contributed by atoms with Gasteiger partial charge in [0.15, 0.2) is 10.8 Å². The molecule has 1 aliphatic heterocycles. The maximum absolute atomic E-state index is 12.0. The normalized spacial score (nSPS) is 21.4. The molecule has 90 valence electrons. The second kappa shape index (κ2) is 4.27. The van der Waals surface area contributed by atoms with Crippen molar-refractivity contribution in [1.82, 2.24) is 14.3 Å². The largest absolute Gasteiger partial charge is 0.381 e. The fraction of sp³-hybridized carbons (Fsp3) is 0.625. The third-order valence-corrected chi connectivity index (χ3v) is 5.23. The zero-order chi connectivity index (χ0) is 11.8. The van der Waals surface area contributed by atoms with Gasteiger partial charge in [0.05, 0.1) is 6.33 Å². The summed E-state index contributed by atoms with van der Waals surface area (Å²) in [6, 6.07) is 0.00398.